The van der Waals surface area contributed by atoms with E-state index in [1.807, 2.05) is 0 Å². The molecule has 0 radical (unpaired) electrons. The molecule has 0 bridgehead atoms. The van der Waals surface area contributed by atoms with Crippen LogP contribution in [-0.2, 0) is 0 Å². The number of para-hydroxylation sites is 1. The summed E-state index contributed by atoms with van der Waals surface area (Å²) in [6.45, 7) is 20.3. The number of imidazole rings is 1. The maximum absolute atomic E-state index is 5.18. The summed E-state index contributed by atoms with van der Waals surface area (Å²) in [6.07, 6.45) is 2.08. The second-order valence-corrected chi connectivity index (χ2v) is 13.4. The molecule has 0 aliphatic rings. The standard InChI is InChI=1S/C42H41BN2/c1-24-17-27(4)38(28(5)18-24)37-23-44-42-34-14-12-15-35(39(34)33-13-10-11-16-36(33)45(37)42)43(40-29(6)19-25(2)20-30(40)7)41-31(8)21-26(3)22-32(41)9/h10-23H,1-9H3. The van der Waals surface area contributed by atoms with Gasteiger partial charge in [0.1, 0.15) is 5.65 Å². The number of nitrogens with zero attached hydrogens (tertiary/aromatic N) is 2. The average molecular weight is 585 g/mol. The minimum atomic E-state index is 0.0803. The molecule has 0 saturated carbocycles. The molecule has 0 atom stereocenters. The molecule has 0 aliphatic carbocycles. The van der Waals surface area contributed by atoms with Gasteiger partial charge < -0.3 is 0 Å². The van der Waals surface area contributed by atoms with Crippen LogP contribution in [0, 0.1) is 62.3 Å². The van der Waals surface area contributed by atoms with E-state index in [9.17, 15) is 0 Å². The van der Waals surface area contributed by atoms with E-state index in [-0.39, 0.29) is 6.71 Å². The first-order valence-electron chi connectivity index (χ1n) is 16.1. The van der Waals surface area contributed by atoms with E-state index in [1.165, 1.54) is 93.7 Å². The highest BCUT2D eigenvalue weighted by molar-refractivity contribution is 6.98. The van der Waals surface area contributed by atoms with Crippen molar-refractivity contribution in [2.45, 2.75) is 62.3 Å². The number of fused-ring (bicyclic) bond motifs is 6. The van der Waals surface area contributed by atoms with E-state index < -0.39 is 0 Å². The molecule has 45 heavy (non-hydrogen) atoms. The molecular formula is C42H41BN2. The molecular weight excluding hydrogens is 543 g/mol. The molecule has 222 valence electrons. The third-order valence-corrected chi connectivity index (χ3v) is 9.81. The van der Waals surface area contributed by atoms with Crippen molar-refractivity contribution in [3.63, 3.8) is 0 Å². The van der Waals surface area contributed by atoms with Crippen LogP contribution in [0.3, 0.4) is 0 Å². The van der Waals surface area contributed by atoms with Gasteiger partial charge in [-0.2, -0.15) is 0 Å². The zero-order chi connectivity index (χ0) is 31.7. The predicted octanol–water partition coefficient (Wildman–Crippen LogP) is 8.60. The summed E-state index contributed by atoms with van der Waals surface area (Å²) >= 11 is 0. The van der Waals surface area contributed by atoms with Crippen LogP contribution in [0.25, 0.3) is 38.6 Å². The molecule has 0 spiro atoms. The van der Waals surface area contributed by atoms with E-state index in [0.29, 0.717) is 0 Å². The molecule has 2 heterocycles. The molecule has 3 heteroatoms. The minimum Gasteiger partial charge on any atom is -0.292 e. The Morgan fingerprint density at radius 1 is 0.533 bits per heavy atom. The molecule has 0 fully saturated rings. The van der Waals surface area contributed by atoms with Gasteiger partial charge in [-0.15, -0.1) is 0 Å². The van der Waals surface area contributed by atoms with E-state index in [2.05, 4.69) is 152 Å². The zero-order valence-electron chi connectivity index (χ0n) is 28.1. The number of pyridine rings is 1. The second-order valence-electron chi connectivity index (χ2n) is 13.4. The van der Waals surface area contributed by atoms with Crippen molar-refractivity contribution in [1.82, 2.24) is 9.38 Å². The summed E-state index contributed by atoms with van der Waals surface area (Å²) in [5.41, 5.74) is 20.6. The summed E-state index contributed by atoms with van der Waals surface area (Å²) in [5, 5.41) is 3.74. The molecule has 0 N–H and O–H groups in total. The first kappa shape index (κ1) is 29.1. The quantitative estimate of drug-likeness (QED) is 0.150. The lowest BCUT2D eigenvalue weighted by atomic mass is 9.33. The Morgan fingerprint density at radius 3 is 1.58 bits per heavy atom. The van der Waals surface area contributed by atoms with Gasteiger partial charge in [-0.25, -0.2) is 4.98 Å². The van der Waals surface area contributed by atoms with Gasteiger partial charge in [-0.1, -0.05) is 128 Å². The van der Waals surface area contributed by atoms with E-state index in [0.717, 1.165) is 11.3 Å². The van der Waals surface area contributed by atoms with Crippen LogP contribution in [0.5, 0.6) is 0 Å². The van der Waals surface area contributed by atoms with Crippen LogP contribution >= 0.6 is 0 Å². The number of hydrogen-bond donors (Lipinski definition) is 0. The van der Waals surface area contributed by atoms with Crippen LogP contribution in [0.1, 0.15) is 50.1 Å². The highest BCUT2D eigenvalue weighted by Crippen LogP contribution is 2.35. The van der Waals surface area contributed by atoms with Crippen LogP contribution in [0.2, 0.25) is 0 Å². The minimum absolute atomic E-state index is 0.0803. The maximum Gasteiger partial charge on any atom is 0.243 e. The summed E-state index contributed by atoms with van der Waals surface area (Å²) in [6, 6.07) is 29.8. The smallest absolute Gasteiger partial charge is 0.243 e. The van der Waals surface area contributed by atoms with Crippen molar-refractivity contribution in [3.05, 3.63) is 135 Å². The van der Waals surface area contributed by atoms with E-state index in [4.69, 9.17) is 4.98 Å². The molecule has 2 aromatic heterocycles. The number of hydrogen-bond acceptors (Lipinski definition) is 1. The zero-order valence-corrected chi connectivity index (χ0v) is 28.1. The highest BCUT2D eigenvalue weighted by atomic mass is 15.0. The normalized spacial score (nSPS) is 11.7. The van der Waals surface area contributed by atoms with Gasteiger partial charge >= 0.3 is 0 Å². The Morgan fingerprint density at radius 2 is 1.02 bits per heavy atom. The third-order valence-electron chi connectivity index (χ3n) is 9.81. The molecule has 7 aromatic rings. The highest BCUT2D eigenvalue weighted by Gasteiger charge is 2.31. The third kappa shape index (κ3) is 4.60. The molecule has 0 amide bonds. The van der Waals surface area contributed by atoms with Gasteiger partial charge in [0.2, 0.25) is 6.71 Å². The largest absolute Gasteiger partial charge is 0.292 e. The Balaban J connectivity index is 1.65. The summed E-state index contributed by atoms with van der Waals surface area (Å²) in [4.78, 5) is 5.18. The molecule has 0 unspecified atom stereocenters. The van der Waals surface area contributed by atoms with Gasteiger partial charge in [0, 0.05) is 16.3 Å². The van der Waals surface area contributed by atoms with Gasteiger partial charge in [-0.3, -0.25) is 4.40 Å². The molecule has 0 aliphatic heterocycles. The van der Waals surface area contributed by atoms with Gasteiger partial charge in [0.15, 0.2) is 0 Å². The molecule has 5 aromatic carbocycles. The van der Waals surface area contributed by atoms with Crippen molar-refractivity contribution >= 4 is 50.4 Å². The lowest BCUT2D eigenvalue weighted by molar-refractivity contribution is 1.24. The van der Waals surface area contributed by atoms with Crippen LogP contribution in [0.15, 0.2) is 85.1 Å². The fourth-order valence-corrected chi connectivity index (χ4v) is 8.47. The molecule has 2 nitrogen and oxygen atoms in total. The Labute approximate surface area is 267 Å². The number of rotatable bonds is 4. The first-order valence-corrected chi connectivity index (χ1v) is 16.1. The number of benzene rings is 5. The fraction of sp³-hybridized carbons (Fsp3) is 0.214. The topological polar surface area (TPSA) is 17.3 Å². The number of aromatic nitrogens is 2. The lowest BCUT2D eigenvalue weighted by Crippen LogP contribution is -2.56. The van der Waals surface area contributed by atoms with Gasteiger partial charge in [0.25, 0.3) is 0 Å². The second kappa shape index (κ2) is 10.8. The summed E-state index contributed by atoms with van der Waals surface area (Å²) < 4.78 is 2.39. The van der Waals surface area contributed by atoms with Crippen LogP contribution < -0.4 is 16.4 Å². The average Bonchev–Trinajstić information content (AvgIpc) is 3.40. The molecule has 0 saturated heterocycles. The molecule has 7 rings (SSSR count). The fourth-order valence-electron chi connectivity index (χ4n) is 8.47. The van der Waals surface area contributed by atoms with Crippen LogP contribution in [0.4, 0.5) is 0 Å². The SMILES string of the molecule is Cc1cc(C)c(B(c2c(C)cc(C)cc2C)c2cccc3c2c2ccccc2n2c(-c4c(C)cc(C)cc4C)cnc32)c(C)c1. The summed E-state index contributed by atoms with van der Waals surface area (Å²) in [7, 11) is 0. The lowest BCUT2D eigenvalue weighted by Gasteiger charge is -2.26. The van der Waals surface area contributed by atoms with Crippen molar-refractivity contribution in [1.29, 1.82) is 0 Å². The van der Waals surface area contributed by atoms with E-state index in [1.54, 1.807) is 0 Å². The van der Waals surface area contributed by atoms with Gasteiger partial charge in [-0.05, 0) is 84.9 Å². The number of aryl methyl sites for hydroxylation is 9. The van der Waals surface area contributed by atoms with Crippen molar-refractivity contribution in [2.75, 3.05) is 0 Å². The monoisotopic (exact) mass is 584 g/mol. The Hall–Kier alpha value is -4.63. The van der Waals surface area contributed by atoms with Crippen molar-refractivity contribution in [3.8, 4) is 11.3 Å². The van der Waals surface area contributed by atoms with Crippen LogP contribution in [-0.4, -0.2) is 16.1 Å². The van der Waals surface area contributed by atoms with Crippen molar-refractivity contribution < 1.29 is 0 Å². The van der Waals surface area contributed by atoms with Gasteiger partial charge in [0.05, 0.1) is 17.4 Å². The van der Waals surface area contributed by atoms with Crippen molar-refractivity contribution in [2.24, 2.45) is 0 Å². The Bertz CT molecular complexity index is 2190. The summed E-state index contributed by atoms with van der Waals surface area (Å²) in [5.74, 6) is 0. The Kier molecular flexibility index (Phi) is 6.97. The van der Waals surface area contributed by atoms with E-state index >= 15 is 0 Å². The first-order chi connectivity index (χ1) is 21.5. The predicted molar refractivity (Wildman–Crippen MR) is 196 cm³/mol. The maximum atomic E-state index is 5.18.